The molecule has 6 nitrogen and oxygen atoms in total. The van der Waals surface area contributed by atoms with Crippen LogP contribution in [0.4, 0.5) is 0 Å². The maximum Gasteiger partial charge on any atom is 0.227 e. The molecule has 6 heteroatoms. The van der Waals surface area contributed by atoms with Gasteiger partial charge in [-0.15, -0.1) is 0 Å². The zero-order valence-corrected chi connectivity index (χ0v) is 20.2. The molecule has 2 N–H and O–H groups in total. The summed E-state index contributed by atoms with van der Waals surface area (Å²) in [5, 5.41) is 14.0. The van der Waals surface area contributed by atoms with Gasteiger partial charge < -0.3 is 19.7 Å². The number of aliphatic hydroxyl groups is 2. The summed E-state index contributed by atoms with van der Waals surface area (Å²) in [5.41, 5.74) is 3.19. The van der Waals surface area contributed by atoms with Crippen LogP contribution in [0.1, 0.15) is 61.3 Å². The molecule has 1 rings (SSSR count). The largest absolute Gasteiger partial charge is 0.490 e. The van der Waals surface area contributed by atoms with Crippen molar-refractivity contribution in [3.8, 4) is 0 Å². The average molecular weight is 415 g/mol. The Morgan fingerprint density at radius 1 is 0.828 bits per heavy atom. The van der Waals surface area contributed by atoms with E-state index >= 15 is 0 Å². The Hall–Kier alpha value is -2.18. The monoisotopic (exact) mass is 414 g/mol. The standard InChI is InChI=1S/C9H10O4.2C6H12.2CH4O/c1-5-4-6(10)8(12-2)9(13-3)7(5)11;2*1-4-5-6(2)3;2*1-2/h4H,1-3H3;2*5H,4H2,1-3H3;2*2H,1H3. The Morgan fingerprint density at radius 2 is 1.17 bits per heavy atom. The van der Waals surface area contributed by atoms with E-state index in [1.54, 1.807) is 6.92 Å². The third-order valence-electron chi connectivity index (χ3n) is 2.97. The van der Waals surface area contributed by atoms with E-state index in [2.05, 4.69) is 53.7 Å². The molecule has 0 aliphatic heterocycles. The van der Waals surface area contributed by atoms with Crippen LogP contribution in [0.25, 0.3) is 0 Å². The van der Waals surface area contributed by atoms with Crippen molar-refractivity contribution in [3.63, 3.8) is 0 Å². The highest BCUT2D eigenvalue weighted by Gasteiger charge is 2.28. The summed E-state index contributed by atoms with van der Waals surface area (Å²) in [6, 6.07) is 0. The zero-order valence-electron chi connectivity index (χ0n) is 20.2. The van der Waals surface area contributed by atoms with Crippen molar-refractivity contribution in [2.24, 2.45) is 0 Å². The van der Waals surface area contributed by atoms with E-state index in [1.165, 1.54) is 44.3 Å². The summed E-state index contributed by atoms with van der Waals surface area (Å²) in [6.45, 7) is 14.3. The van der Waals surface area contributed by atoms with E-state index in [-0.39, 0.29) is 23.1 Å². The first-order chi connectivity index (χ1) is 13.7. The van der Waals surface area contributed by atoms with E-state index in [0.717, 1.165) is 14.2 Å². The predicted molar refractivity (Wildman–Crippen MR) is 121 cm³/mol. The second-order valence-electron chi connectivity index (χ2n) is 5.97. The first-order valence-corrected chi connectivity index (χ1v) is 9.41. The van der Waals surface area contributed by atoms with Gasteiger partial charge in [0.1, 0.15) is 0 Å². The van der Waals surface area contributed by atoms with Gasteiger partial charge in [0.15, 0.2) is 0 Å². The SMILES string of the molecule is CCC=C(C)C.CCC=C(C)C.CO.CO.COC1=C(OC)C(=O)C(C)=CC1=O. The Balaban J connectivity index is -0.000000165. The Kier molecular flexibility index (Phi) is 28.2. The highest BCUT2D eigenvalue weighted by molar-refractivity contribution is 6.20. The van der Waals surface area contributed by atoms with Crippen LogP contribution in [-0.4, -0.2) is 50.2 Å². The van der Waals surface area contributed by atoms with Crippen LogP contribution in [0.2, 0.25) is 0 Å². The van der Waals surface area contributed by atoms with Crippen LogP contribution in [0, 0.1) is 0 Å². The van der Waals surface area contributed by atoms with Crippen LogP contribution >= 0.6 is 0 Å². The Morgan fingerprint density at radius 3 is 1.38 bits per heavy atom. The molecule has 0 heterocycles. The van der Waals surface area contributed by atoms with E-state index in [4.69, 9.17) is 19.7 Å². The molecule has 1 aliphatic rings. The van der Waals surface area contributed by atoms with Gasteiger partial charge in [-0.25, -0.2) is 0 Å². The van der Waals surface area contributed by atoms with Gasteiger partial charge in [0.05, 0.1) is 14.2 Å². The maximum absolute atomic E-state index is 11.4. The molecule has 170 valence electrons. The van der Waals surface area contributed by atoms with Crippen molar-refractivity contribution in [2.75, 3.05) is 28.4 Å². The fraction of sp³-hybridized carbons (Fsp3) is 0.565. The lowest BCUT2D eigenvalue weighted by atomic mass is 10.0. The minimum Gasteiger partial charge on any atom is -0.490 e. The number of rotatable bonds is 4. The highest BCUT2D eigenvalue weighted by Crippen LogP contribution is 2.19. The van der Waals surface area contributed by atoms with Crippen LogP contribution in [-0.2, 0) is 19.1 Å². The predicted octanol–water partition coefficient (Wildman–Crippen LogP) is 4.53. The molecular formula is C23H42O6. The summed E-state index contributed by atoms with van der Waals surface area (Å²) in [6.07, 6.45) is 7.99. The molecule has 0 unspecified atom stereocenters. The first-order valence-electron chi connectivity index (χ1n) is 9.41. The zero-order chi connectivity index (χ0) is 24.0. The lowest BCUT2D eigenvalue weighted by molar-refractivity contribution is -0.120. The van der Waals surface area contributed by atoms with Crippen molar-refractivity contribution in [3.05, 3.63) is 46.5 Å². The minimum atomic E-state index is -0.337. The molecule has 0 amide bonds. The molecule has 0 aromatic carbocycles. The first kappa shape index (κ1) is 34.3. The number of hydrogen-bond donors (Lipinski definition) is 2. The number of ether oxygens (including phenoxy) is 2. The second-order valence-corrected chi connectivity index (χ2v) is 5.97. The highest BCUT2D eigenvalue weighted by atomic mass is 16.5. The van der Waals surface area contributed by atoms with Gasteiger partial charge in [0.25, 0.3) is 0 Å². The summed E-state index contributed by atoms with van der Waals surface area (Å²) < 4.78 is 9.56. The number of ketones is 2. The molecule has 0 aromatic rings. The molecular weight excluding hydrogens is 372 g/mol. The fourth-order valence-electron chi connectivity index (χ4n) is 1.92. The normalized spacial score (nSPS) is 11.4. The van der Waals surface area contributed by atoms with Gasteiger partial charge in [0.2, 0.25) is 23.1 Å². The van der Waals surface area contributed by atoms with Crippen molar-refractivity contribution >= 4 is 11.6 Å². The second kappa shape index (κ2) is 23.9. The molecule has 0 atom stereocenters. The minimum absolute atomic E-state index is 0.0208. The van der Waals surface area contributed by atoms with Gasteiger partial charge in [0, 0.05) is 19.8 Å². The van der Waals surface area contributed by atoms with E-state index in [9.17, 15) is 9.59 Å². The number of hydrogen-bond acceptors (Lipinski definition) is 6. The van der Waals surface area contributed by atoms with Crippen molar-refractivity contribution < 1.29 is 29.3 Å². The van der Waals surface area contributed by atoms with Gasteiger partial charge in [-0.1, -0.05) is 37.1 Å². The van der Waals surface area contributed by atoms with Gasteiger partial charge in [-0.2, -0.15) is 0 Å². The molecule has 0 saturated carbocycles. The van der Waals surface area contributed by atoms with Crippen molar-refractivity contribution in [1.82, 2.24) is 0 Å². The Bertz CT molecular complexity index is 540. The summed E-state index contributed by atoms with van der Waals surface area (Å²) in [5.74, 6) is -0.694. The number of carbonyl (C=O) groups excluding carboxylic acids is 2. The molecule has 0 aromatic heterocycles. The van der Waals surface area contributed by atoms with Gasteiger partial charge in [-0.3, -0.25) is 9.59 Å². The third kappa shape index (κ3) is 18.9. The average Bonchev–Trinajstić information content (AvgIpc) is 2.68. The number of methoxy groups -OCH3 is 2. The van der Waals surface area contributed by atoms with E-state index < -0.39 is 0 Å². The number of allylic oxidation sites excluding steroid dienone is 6. The maximum atomic E-state index is 11.4. The number of aliphatic hydroxyl groups excluding tert-OH is 2. The van der Waals surface area contributed by atoms with Crippen molar-refractivity contribution in [2.45, 2.75) is 61.3 Å². The van der Waals surface area contributed by atoms with Crippen LogP contribution in [0.3, 0.4) is 0 Å². The van der Waals surface area contributed by atoms with Gasteiger partial charge >= 0.3 is 0 Å². The van der Waals surface area contributed by atoms with Crippen LogP contribution in [0.15, 0.2) is 46.5 Å². The summed E-state index contributed by atoms with van der Waals surface area (Å²) in [4.78, 5) is 22.6. The molecule has 1 aliphatic carbocycles. The van der Waals surface area contributed by atoms with Gasteiger partial charge in [-0.05, 0) is 53.5 Å². The molecule has 0 radical (unpaired) electrons. The number of Topliss-reactive ketones (excluding diaryl/α,β-unsaturated/α-hetero) is 1. The molecule has 0 fully saturated rings. The van der Waals surface area contributed by atoms with E-state index in [0.29, 0.717) is 5.57 Å². The van der Waals surface area contributed by atoms with Crippen LogP contribution in [0.5, 0.6) is 0 Å². The molecule has 0 spiro atoms. The lowest BCUT2D eigenvalue weighted by Gasteiger charge is -2.14. The summed E-state index contributed by atoms with van der Waals surface area (Å²) in [7, 11) is 4.66. The quantitative estimate of drug-likeness (QED) is 0.518. The topological polar surface area (TPSA) is 93.1 Å². The lowest BCUT2D eigenvalue weighted by Crippen LogP contribution is -2.20. The summed E-state index contributed by atoms with van der Waals surface area (Å²) >= 11 is 0. The molecule has 0 bridgehead atoms. The molecule has 29 heavy (non-hydrogen) atoms. The van der Waals surface area contributed by atoms with Crippen molar-refractivity contribution in [1.29, 1.82) is 0 Å². The van der Waals surface area contributed by atoms with Crippen LogP contribution < -0.4 is 0 Å². The molecule has 0 saturated heterocycles. The number of carbonyl (C=O) groups is 2. The Labute approximate surface area is 177 Å². The fourth-order valence-corrected chi connectivity index (χ4v) is 1.92. The van der Waals surface area contributed by atoms with E-state index in [1.807, 2.05) is 0 Å². The third-order valence-corrected chi connectivity index (χ3v) is 2.97. The smallest absolute Gasteiger partial charge is 0.227 e.